The number of rotatable bonds is 0. The van der Waals surface area contributed by atoms with Crippen LogP contribution in [0.5, 0.6) is 0 Å². The van der Waals surface area contributed by atoms with Crippen molar-refractivity contribution in [3.8, 4) is 0 Å². The predicted molar refractivity (Wildman–Crippen MR) is 16.9 cm³/mol. The van der Waals surface area contributed by atoms with Crippen molar-refractivity contribution in [2.24, 2.45) is 0 Å². The van der Waals surface area contributed by atoms with E-state index in [9.17, 15) is 0 Å². The second-order valence-electron chi connectivity index (χ2n) is 0.408. The van der Waals surface area contributed by atoms with Crippen molar-refractivity contribution >= 4 is 0 Å². The molecule has 0 spiro atoms. The van der Waals surface area contributed by atoms with E-state index in [4.69, 9.17) is 4.65 Å². The van der Waals surface area contributed by atoms with Crippen LogP contribution >= 0.6 is 0 Å². The van der Waals surface area contributed by atoms with E-state index in [0.29, 0.717) is 0 Å². The fourth-order valence-electron chi connectivity index (χ4n) is 0. The van der Waals surface area contributed by atoms with E-state index in [1.807, 2.05) is 0 Å². The van der Waals surface area contributed by atoms with Gasteiger partial charge in [-0.15, -0.1) is 0 Å². The number of methoxy groups -OCH3 is 1. The molecule has 0 rings (SSSR count). The van der Waals surface area contributed by atoms with Gasteiger partial charge in [-0.1, -0.05) is 0 Å². The number of ether oxygens (including phenoxy) is 1. The van der Waals surface area contributed by atoms with E-state index >= 15 is 0 Å². The Morgan fingerprint density at radius 3 is 1.40 bits per heavy atom. The average Bonchev–Trinajstić information content (AvgIpc) is 1.46. The third kappa shape index (κ3) is 119. The third-order valence-corrected chi connectivity index (χ3v) is 0. The molecule has 2 heteroatoms. The molecule has 2 nitrogen and oxygen atoms in total. The van der Waals surface area contributed by atoms with Gasteiger partial charge in [-0.05, 0) is 0 Å². The van der Waals surface area contributed by atoms with Crippen molar-refractivity contribution in [1.29, 1.82) is 0 Å². The van der Waals surface area contributed by atoms with Gasteiger partial charge in [0.15, 0.2) is 0 Å². The summed E-state index contributed by atoms with van der Waals surface area (Å²) < 4.78 is 11.8. The summed E-state index contributed by atoms with van der Waals surface area (Å²) in [6.07, 6.45) is 0. The van der Waals surface area contributed by atoms with Crippen molar-refractivity contribution < 1.29 is 9.39 Å². The fourth-order valence-corrected chi connectivity index (χ4v) is 0. The molecule has 0 atom stereocenters. The molecule has 0 bridgehead atoms. The van der Waals surface area contributed by atoms with E-state index in [-0.39, 0.29) is 0 Å². The van der Waals surface area contributed by atoms with Crippen LogP contribution in [0.15, 0.2) is 0 Å². The topological polar surface area (TPSA) is 29.1 Å². The van der Waals surface area contributed by atoms with Crippen LogP contribution in [-0.4, -0.2) is 14.2 Å². The molecule has 0 N–H and O–H groups in total. The van der Waals surface area contributed by atoms with E-state index in [0.717, 1.165) is 0 Å². The zero-order valence-electron chi connectivity index (χ0n) is 3.32. The van der Waals surface area contributed by atoms with Crippen LogP contribution in [0.4, 0.5) is 0 Å². The standard InChI is InChI=1S/C2H6O.CO/c1-3-2;1-2/h1-2H3;. The van der Waals surface area contributed by atoms with Crippen LogP contribution < -0.4 is 0 Å². The van der Waals surface area contributed by atoms with E-state index in [1.165, 1.54) is 0 Å². The summed E-state index contributed by atoms with van der Waals surface area (Å²) in [7, 11) is 3.25. The van der Waals surface area contributed by atoms with Crippen LogP contribution in [0.2, 0.25) is 0 Å². The number of hydrogen-bond acceptors (Lipinski definition) is 1. The molecule has 0 aromatic rings. The van der Waals surface area contributed by atoms with E-state index in [1.54, 1.807) is 14.2 Å². The van der Waals surface area contributed by atoms with Crippen molar-refractivity contribution in [1.82, 2.24) is 0 Å². The molecule has 0 aromatic carbocycles. The maximum absolute atomic E-state index is 7.50. The first-order valence-electron chi connectivity index (χ1n) is 1.02. The first-order valence-corrected chi connectivity index (χ1v) is 1.02. The molecule has 0 fully saturated rings. The summed E-state index contributed by atoms with van der Waals surface area (Å²) >= 11 is 0. The Morgan fingerprint density at radius 2 is 1.40 bits per heavy atom. The maximum atomic E-state index is 7.50. The zero-order valence-corrected chi connectivity index (χ0v) is 3.32. The molecule has 0 amide bonds. The second-order valence-corrected chi connectivity index (χ2v) is 0.408. The Balaban J connectivity index is 0. The molecule has 0 radical (unpaired) electrons. The predicted octanol–water partition coefficient (Wildman–Crippen LogP) is 0.225. The van der Waals surface area contributed by atoms with Crippen LogP contribution in [0, 0.1) is 6.65 Å². The van der Waals surface area contributed by atoms with E-state index in [2.05, 4.69) is 11.4 Å². The Hall–Kier alpha value is -0.300. The van der Waals surface area contributed by atoms with Gasteiger partial charge in [0.25, 0.3) is 0 Å². The first kappa shape index (κ1) is 8.83. The molecule has 0 saturated heterocycles. The summed E-state index contributed by atoms with van der Waals surface area (Å²) in [5, 5.41) is 0. The second kappa shape index (κ2) is 55.0. The summed E-state index contributed by atoms with van der Waals surface area (Å²) in [5.41, 5.74) is 0. The van der Waals surface area contributed by atoms with Gasteiger partial charge in [0.2, 0.25) is 0 Å². The first-order chi connectivity index (χ1) is 2.41. The van der Waals surface area contributed by atoms with Crippen molar-refractivity contribution in [2.75, 3.05) is 14.2 Å². The Kier molecular flexibility index (Phi) is 97.2. The molecule has 0 aromatic heterocycles. The van der Waals surface area contributed by atoms with Gasteiger partial charge in [-0.25, -0.2) is 0 Å². The molecular weight excluding hydrogens is 68.0 g/mol. The Morgan fingerprint density at radius 1 is 1.40 bits per heavy atom. The third-order valence-electron chi connectivity index (χ3n) is 0. The van der Waals surface area contributed by atoms with Gasteiger partial charge < -0.3 is 4.74 Å². The van der Waals surface area contributed by atoms with Crippen LogP contribution in [0.3, 0.4) is 0 Å². The molecular formula is C3H6O2. The van der Waals surface area contributed by atoms with E-state index < -0.39 is 0 Å². The molecule has 0 aliphatic heterocycles. The summed E-state index contributed by atoms with van der Waals surface area (Å²) in [4.78, 5) is 0. The monoisotopic (exact) mass is 74.0 g/mol. The van der Waals surface area contributed by atoms with Gasteiger partial charge in [0.1, 0.15) is 0 Å². The molecule has 0 aliphatic carbocycles. The van der Waals surface area contributed by atoms with Crippen LogP contribution in [0.1, 0.15) is 0 Å². The quantitative estimate of drug-likeness (QED) is 0.298. The molecule has 30 valence electrons. The molecule has 5 heavy (non-hydrogen) atoms. The van der Waals surface area contributed by atoms with Gasteiger partial charge in [-0.3, -0.25) is 0 Å². The summed E-state index contributed by atoms with van der Waals surface area (Å²) in [6, 6.07) is 0. The normalized spacial score (nSPS) is 4.00. The molecule has 0 saturated carbocycles. The molecule has 0 heterocycles. The Labute approximate surface area is 31.5 Å². The zero-order chi connectivity index (χ0) is 4.71. The number of hydrogen-bond donors (Lipinski definition) is 0. The SMILES string of the molecule is COC.[C-]#[O+]. The van der Waals surface area contributed by atoms with Crippen molar-refractivity contribution in [3.63, 3.8) is 0 Å². The van der Waals surface area contributed by atoms with Gasteiger partial charge in [-0.2, -0.15) is 0 Å². The minimum atomic E-state index is 1.62. The van der Waals surface area contributed by atoms with Gasteiger partial charge in [0, 0.05) is 14.2 Å². The van der Waals surface area contributed by atoms with Gasteiger partial charge >= 0.3 is 11.3 Å². The minimum absolute atomic E-state index is 1.62. The van der Waals surface area contributed by atoms with Crippen molar-refractivity contribution in [2.45, 2.75) is 0 Å². The summed E-state index contributed by atoms with van der Waals surface area (Å²) in [5.74, 6) is 0. The fraction of sp³-hybridized carbons (Fsp3) is 0.667. The van der Waals surface area contributed by atoms with Crippen LogP contribution in [-0.2, 0) is 9.39 Å². The summed E-state index contributed by atoms with van der Waals surface area (Å²) in [6.45, 7) is 4.50. The molecule has 0 unspecified atom stereocenters. The van der Waals surface area contributed by atoms with Crippen molar-refractivity contribution in [3.05, 3.63) is 6.65 Å². The van der Waals surface area contributed by atoms with Crippen LogP contribution in [0.25, 0.3) is 0 Å². The Bertz CT molecular complexity index is 16.1. The average molecular weight is 74.1 g/mol. The molecule has 0 aliphatic rings. The van der Waals surface area contributed by atoms with Gasteiger partial charge in [0.05, 0.1) is 0 Å².